The first-order valence-electron chi connectivity index (χ1n) is 6.12. The van der Waals surface area contributed by atoms with Gasteiger partial charge in [-0.05, 0) is 13.3 Å². The highest BCUT2D eigenvalue weighted by molar-refractivity contribution is 5.99. The van der Waals surface area contributed by atoms with Crippen molar-refractivity contribution in [3.63, 3.8) is 0 Å². The van der Waals surface area contributed by atoms with Crippen LogP contribution in [0.25, 0.3) is 0 Å². The standard InChI is InChI=1S/C12H18N4O4/c1-8(17)4-5-15(3)12(18)10-6-9(16(19)20)7-14-11(10)13-2/h6-8,17H,4-5H2,1-3H3,(H,13,14). The predicted molar refractivity (Wildman–Crippen MR) is 73.7 cm³/mol. The summed E-state index contributed by atoms with van der Waals surface area (Å²) in [6.45, 7) is 1.98. The Bertz CT molecular complexity index is 504. The number of anilines is 1. The second-order valence-corrected chi connectivity index (χ2v) is 4.46. The van der Waals surface area contributed by atoms with Crippen molar-refractivity contribution in [3.05, 3.63) is 27.9 Å². The fourth-order valence-corrected chi connectivity index (χ4v) is 1.60. The minimum absolute atomic E-state index is 0.134. The fourth-order valence-electron chi connectivity index (χ4n) is 1.60. The van der Waals surface area contributed by atoms with Gasteiger partial charge >= 0.3 is 0 Å². The molecule has 1 atom stereocenters. The third kappa shape index (κ3) is 3.89. The molecule has 1 rings (SSSR count). The van der Waals surface area contributed by atoms with Crippen molar-refractivity contribution in [1.82, 2.24) is 9.88 Å². The van der Waals surface area contributed by atoms with Crippen molar-refractivity contribution < 1.29 is 14.8 Å². The predicted octanol–water partition coefficient (Wildman–Crippen LogP) is 0.874. The zero-order valence-electron chi connectivity index (χ0n) is 11.7. The molecule has 2 N–H and O–H groups in total. The molecule has 0 spiro atoms. The van der Waals surface area contributed by atoms with Crippen molar-refractivity contribution in [3.8, 4) is 0 Å². The lowest BCUT2D eigenvalue weighted by Crippen LogP contribution is -2.30. The highest BCUT2D eigenvalue weighted by Gasteiger charge is 2.20. The topological polar surface area (TPSA) is 109 Å². The average molecular weight is 282 g/mol. The number of carbonyl (C=O) groups excluding carboxylic acids is 1. The van der Waals surface area contributed by atoms with Gasteiger partial charge in [0.1, 0.15) is 12.0 Å². The smallest absolute Gasteiger partial charge is 0.288 e. The van der Waals surface area contributed by atoms with Gasteiger partial charge in [-0.25, -0.2) is 4.98 Å². The Morgan fingerprint density at radius 1 is 1.65 bits per heavy atom. The van der Waals surface area contributed by atoms with Gasteiger partial charge in [0.25, 0.3) is 11.6 Å². The fraction of sp³-hybridized carbons (Fsp3) is 0.500. The number of aliphatic hydroxyl groups excluding tert-OH is 1. The monoisotopic (exact) mass is 282 g/mol. The van der Waals surface area contributed by atoms with Crippen LogP contribution in [-0.2, 0) is 0 Å². The molecule has 1 amide bonds. The van der Waals surface area contributed by atoms with Gasteiger partial charge in [-0.15, -0.1) is 0 Å². The number of nitrogens with one attached hydrogen (secondary N) is 1. The van der Waals surface area contributed by atoms with E-state index in [-0.39, 0.29) is 23.0 Å². The van der Waals surface area contributed by atoms with E-state index in [9.17, 15) is 20.0 Å². The van der Waals surface area contributed by atoms with E-state index in [4.69, 9.17) is 0 Å². The molecular formula is C12H18N4O4. The lowest BCUT2D eigenvalue weighted by molar-refractivity contribution is -0.385. The summed E-state index contributed by atoms with van der Waals surface area (Å²) in [4.78, 5) is 27.7. The quantitative estimate of drug-likeness (QED) is 0.592. The first-order valence-corrected chi connectivity index (χ1v) is 6.12. The van der Waals surface area contributed by atoms with Gasteiger partial charge in [-0.2, -0.15) is 0 Å². The normalized spacial score (nSPS) is 11.8. The van der Waals surface area contributed by atoms with E-state index in [1.165, 1.54) is 11.0 Å². The van der Waals surface area contributed by atoms with Gasteiger partial charge in [-0.1, -0.05) is 0 Å². The number of nitrogens with zero attached hydrogens (tertiary/aromatic N) is 3. The molecule has 0 radical (unpaired) electrons. The summed E-state index contributed by atoms with van der Waals surface area (Å²) in [5.41, 5.74) is -0.105. The third-order valence-electron chi connectivity index (χ3n) is 2.78. The minimum atomic E-state index is -0.598. The SMILES string of the molecule is CNc1ncc([N+](=O)[O-])cc1C(=O)N(C)CCC(C)O. The summed E-state index contributed by atoms with van der Waals surface area (Å²) in [5.74, 6) is -0.101. The summed E-state index contributed by atoms with van der Waals surface area (Å²) >= 11 is 0. The Balaban J connectivity index is 3.00. The highest BCUT2D eigenvalue weighted by Crippen LogP contribution is 2.20. The van der Waals surface area contributed by atoms with Crippen LogP contribution in [0.2, 0.25) is 0 Å². The first-order chi connectivity index (χ1) is 9.36. The van der Waals surface area contributed by atoms with Crippen LogP contribution < -0.4 is 5.32 Å². The maximum absolute atomic E-state index is 12.3. The van der Waals surface area contributed by atoms with Crippen LogP contribution in [0.3, 0.4) is 0 Å². The number of hydrogen-bond acceptors (Lipinski definition) is 6. The van der Waals surface area contributed by atoms with Crippen LogP contribution in [0.1, 0.15) is 23.7 Å². The van der Waals surface area contributed by atoms with Gasteiger partial charge in [-0.3, -0.25) is 14.9 Å². The molecule has 8 nitrogen and oxygen atoms in total. The molecular weight excluding hydrogens is 264 g/mol. The number of hydrogen-bond donors (Lipinski definition) is 2. The number of pyridine rings is 1. The second-order valence-electron chi connectivity index (χ2n) is 4.46. The molecule has 1 aromatic heterocycles. The molecule has 1 heterocycles. The van der Waals surface area contributed by atoms with Crippen LogP contribution in [0.4, 0.5) is 11.5 Å². The van der Waals surface area contributed by atoms with Crippen molar-refractivity contribution in [1.29, 1.82) is 0 Å². The summed E-state index contributed by atoms with van der Waals surface area (Å²) in [7, 11) is 3.16. The molecule has 0 saturated heterocycles. The molecule has 110 valence electrons. The highest BCUT2D eigenvalue weighted by atomic mass is 16.6. The Hall–Kier alpha value is -2.22. The van der Waals surface area contributed by atoms with Crippen LogP contribution >= 0.6 is 0 Å². The van der Waals surface area contributed by atoms with Crippen LogP contribution in [0.15, 0.2) is 12.3 Å². The van der Waals surface area contributed by atoms with Crippen molar-refractivity contribution in [2.75, 3.05) is 26.0 Å². The molecule has 20 heavy (non-hydrogen) atoms. The van der Waals surface area contributed by atoms with Crippen molar-refractivity contribution in [2.45, 2.75) is 19.4 Å². The van der Waals surface area contributed by atoms with Gasteiger partial charge in [0, 0.05) is 26.7 Å². The van der Waals surface area contributed by atoms with Crippen LogP contribution in [0, 0.1) is 10.1 Å². The lowest BCUT2D eigenvalue weighted by atomic mass is 10.2. The largest absolute Gasteiger partial charge is 0.393 e. The van der Waals surface area contributed by atoms with E-state index >= 15 is 0 Å². The van der Waals surface area contributed by atoms with Crippen LogP contribution in [0.5, 0.6) is 0 Å². The number of aliphatic hydroxyl groups is 1. The molecule has 1 unspecified atom stereocenters. The summed E-state index contributed by atoms with van der Waals surface area (Å²) in [5, 5.41) is 22.7. The van der Waals surface area contributed by atoms with E-state index in [0.717, 1.165) is 6.20 Å². The van der Waals surface area contributed by atoms with E-state index in [1.54, 1.807) is 21.0 Å². The van der Waals surface area contributed by atoms with Gasteiger partial charge < -0.3 is 15.3 Å². The summed E-state index contributed by atoms with van der Waals surface area (Å²) in [6, 6.07) is 1.19. The van der Waals surface area contributed by atoms with E-state index in [1.807, 2.05) is 0 Å². The zero-order chi connectivity index (χ0) is 15.3. The molecule has 0 aliphatic heterocycles. The van der Waals surface area contributed by atoms with E-state index in [0.29, 0.717) is 13.0 Å². The lowest BCUT2D eigenvalue weighted by Gasteiger charge is -2.19. The number of amides is 1. The Morgan fingerprint density at radius 2 is 2.30 bits per heavy atom. The molecule has 0 aliphatic carbocycles. The summed E-state index contributed by atoms with van der Waals surface area (Å²) in [6.07, 6.45) is 1.01. The Labute approximate surface area is 116 Å². The van der Waals surface area contributed by atoms with Gasteiger partial charge in [0.05, 0.1) is 16.6 Å². The number of rotatable bonds is 6. The second kappa shape index (κ2) is 6.80. The Kier molecular flexibility index (Phi) is 5.39. The number of nitro groups is 1. The number of aromatic nitrogens is 1. The van der Waals surface area contributed by atoms with Gasteiger partial charge in [0.15, 0.2) is 0 Å². The number of carbonyl (C=O) groups is 1. The molecule has 0 aromatic carbocycles. The summed E-state index contributed by atoms with van der Waals surface area (Å²) < 4.78 is 0. The van der Waals surface area contributed by atoms with E-state index < -0.39 is 11.0 Å². The zero-order valence-corrected chi connectivity index (χ0v) is 11.7. The molecule has 0 bridgehead atoms. The maximum Gasteiger partial charge on any atom is 0.288 e. The minimum Gasteiger partial charge on any atom is -0.393 e. The average Bonchev–Trinajstić information content (AvgIpc) is 2.42. The van der Waals surface area contributed by atoms with Crippen molar-refractivity contribution >= 4 is 17.4 Å². The molecule has 1 aromatic rings. The van der Waals surface area contributed by atoms with Crippen LogP contribution in [-0.4, -0.2) is 52.6 Å². The molecule has 0 aliphatic rings. The van der Waals surface area contributed by atoms with Crippen molar-refractivity contribution in [2.24, 2.45) is 0 Å². The molecule has 0 fully saturated rings. The van der Waals surface area contributed by atoms with Gasteiger partial charge in [0.2, 0.25) is 0 Å². The molecule has 0 saturated carbocycles. The maximum atomic E-state index is 12.3. The molecule has 8 heteroatoms. The Morgan fingerprint density at radius 3 is 2.80 bits per heavy atom. The van der Waals surface area contributed by atoms with E-state index in [2.05, 4.69) is 10.3 Å². The third-order valence-corrected chi connectivity index (χ3v) is 2.78. The first kappa shape index (κ1) is 15.8.